The Bertz CT molecular complexity index is 533. The Labute approximate surface area is 113 Å². The van der Waals surface area contributed by atoms with Gasteiger partial charge < -0.3 is 5.73 Å². The van der Waals surface area contributed by atoms with Crippen LogP contribution in [0.1, 0.15) is 22.9 Å². The van der Waals surface area contributed by atoms with Gasteiger partial charge in [-0.3, -0.25) is 0 Å². The van der Waals surface area contributed by atoms with Gasteiger partial charge in [-0.1, -0.05) is 28.9 Å². The second-order valence-electron chi connectivity index (χ2n) is 3.88. The minimum absolute atomic E-state index is 0.303. The number of hydrogen-bond acceptors (Lipinski definition) is 3. The molecule has 2 rings (SSSR count). The van der Waals surface area contributed by atoms with E-state index in [1.54, 1.807) is 4.68 Å². The van der Waals surface area contributed by atoms with Crippen LogP contribution in [0.3, 0.4) is 0 Å². The summed E-state index contributed by atoms with van der Waals surface area (Å²) < 4.78 is 2.31. The summed E-state index contributed by atoms with van der Waals surface area (Å²) in [4.78, 5) is 0. The van der Waals surface area contributed by atoms with Crippen molar-refractivity contribution in [1.82, 2.24) is 15.0 Å². The molecule has 0 aliphatic carbocycles. The number of halogens is 2. The summed E-state index contributed by atoms with van der Waals surface area (Å²) in [7, 11) is 1.81. The molecule has 2 aromatic rings. The lowest BCUT2D eigenvalue weighted by Crippen LogP contribution is -2.16. The number of rotatable bonds is 2. The van der Waals surface area contributed by atoms with E-state index in [1.165, 1.54) is 0 Å². The third-order valence-corrected chi connectivity index (χ3v) is 3.65. The summed E-state index contributed by atoms with van der Waals surface area (Å²) in [6.45, 7) is 1.96. The first-order valence-electron chi connectivity index (χ1n) is 5.07. The van der Waals surface area contributed by atoms with E-state index in [2.05, 4.69) is 26.2 Å². The van der Waals surface area contributed by atoms with Crippen molar-refractivity contribution >= 4 is 27.5 Å². The van der Waals surface area contributed by atoms with Crippen LogP contribution in [0.25, 0.3) is 0 Å². The van der Waals surface area contributed by atoms with Crippen LogP contribution < -0.4 is 5.73 Å². The first-order chi connectivity index (χ1) is 8.00. The third-order valence-electron chi connectivity index (χ3n) is 2.68. The van der Waals surface area contributed by atoms with E-state index in [4.69, 9.17) is 17.3 Å². The van der Waals surface area contributed by atoms with E-state index >= 15 is 0 Å². The Morgan fingerprint density at radius 3 is 2.71 bits per heavy atom. The van der Waals surface area contributed by atoms with Gasteiger partial charge in [0, 0.05) is 12.1 Å². The quantitative estimate of drug-likeness (QED) is 0.926. The maximum Gasteiger partial charge on any atom is 0.153 e. The maximum atomic E-state index is 6.19. The minimum atomic E-state index is -0.303. The summed E-state index contributed by atoms with van der Waals surface area (Å²) in [5.74, 6) is 0. The van der Waals surface area contributed by atoms with Crippen LogP contribution in [0.4, 0.5) is 0 Å². The lowest BCUT2D eigenvalue weighted by molar-refractivity contribution is 0.651. The summed E-state index contributed by atoms with van der Waals surface area (Å²) in [5.41, 5.74) is 8.98. The normalized spacial score (nSPS) is 12.8. The van der Waals surface area contributed by atoms with E-state index in [-0.39, 0.29) is 6.04 Å². The molecule has 0 spiro atoms. The van der Waals surface area contributed by atoms with Crippen LogP contribution in [0.15, 0.2) is 22.8 Å². The smallest absolute Gasteiger partial charge is 0.153 e. The molecule has 0 fully saturated rings. The molecule has 0 radical (unpaired) electrons. The molecule has 0 aliphatic rings. The SMILES string of the molecule is Cc1ccc(C(N)c2c(Br)nnn2C)cc1Cl. The molecule has 1 aromatic heterocycles. The Morgan fingerprint density at radius 2 is 2.18 bits per heavy atom. The molecular weight excluding hydrogens is 304 g/mol. The number of aryl methyl sites for hydroxylation is 2. The van der Waals surface area contributed by atoms with Gasteiger partial charge in [0.05, 0.1) is 11.7 Å². The molecule has 90 valence electrons. The van der Waals surface area contributed by atoms with Gasteiger partial charge in [0.25, 0.3) is 0 Å². The van der Waals surface area contributed by atoms with Crippen molar-refractivity contribution in [3.63, 3.8) is 0 Å². The highest BCUT2D eigenvalue weighted by molar-refractivity contribution is 9.10. The number of nitrogens with two attached hydrogens (primary N) is 1. The minimum Gasteiger partial charge on any atom is -0.319 e. The van der Waals surface area contributed by atoms with E-state index in [0.29, 0.717) is 9.63 Å². The van der Waals surface area contributed by atoms with Crippen molar-refractivity contribution in [2.24, 2.45) is 12.8 Å². The van der Waals surface area contributed by atoms with E-state index in [1.807, 2.05) is 32.2 Å². The van der Waals surface area contributed by atoms with Gasteiger partial charge in [-0.15, -0.1) is 5.10 Å². The second kappa shape index (κ2) is 4.76. The molecule has 0 amide bonds. The Morgan fingerprint density at radius 1 is 1.47 bits per heavy atom. The van der Waals surface area contributed by atoms with Crippen LogP contribution in [0.5, 0.6) is 0 Å². The average molecular weight is 316 g/mol. The number of nitrogens with zero attached hydrogens (tertiary/aromatic N) is 3. The molecular formula is C11H12BrClN4. The highest BCUT2D eigenvalue weighted by Gasteiger charge is 2.18. The van der Waals surface area contributed by atoms with E-state index < -0.39 is 0 Å². The van der Waals surface area contributed by atoms with Crippen molar-refractivity contribution in [2.45, 2.75) is 13.0 Å². The predicted molar refractivity (Wildman–Crippen MR) is 70.9 cm³/mol. The molecule has 0 saturated carbocycles. The predicted octanol–water partition coefficient (Wildman–Crippen LogP) is 2.59. The van der Waals surface area contributed by atoms with Crippen LogP contribution in [0, 0.1) is 6.92 Å². The fourth-order valence-electron chi connectivity index (χ4n) is 1.63. The molecule has 1 heterocycles. The van der Waals surface area contributed by atoms with E-state index in [0.717, 1.165) is 16.8 Å². The zero-order valence-corrected chi connectivity index (χ0v) is 11.8. The van der Waals surface area contributed by atoms with Crippen molar-refractivity contribution in [1.29, 1.82) is 0 Å². The average Bonchev–Trinajstić information content (AvgIpc) is 2.62. The van der Waals surface area contributed by atoms with Gasteiger partial charge in [-0.2, -0.15) is 0 Å². The third kappa shape index (κ3) is 2.36. The monoisotopic (exact) mass is 314 g/mol. The van der Waals surface area contributed by atoms with Gasteiger partial charge in [0.2, 0.25) is 0 Å². The van der Waals surface area contributed by atoms with Gasteiger partial charge in [-0.05, 0) is 40.0 Å². The highest BCUT2D eigenvalue weighted by Crippen LogP contribution is 2.27. The van der Waals surface area contributed by atoms with Crippen molar-refractivity contribution in [2.75, 3.05) is 0 Å². The highest BCUT2D eigenvalue weighted by atomic mass is 79.9. The maximum absolute atomic E-state index is 6.19. The number of benzene rings is 1. The van der Waals surface area contributed by atoms with Crippen molar-refractivity contribution in [3.05, 3.63) is 44.6 Å². The zero-order valence-electron chi connectivity index (χ0n) is 9.48. The Balaban J connectivity index is 2.43. The van der Waals surface area contributed by atoms with Gasteiger partial charge in [-0.25, -0.2) is 4.68 Å². The summed E-state index contributed by atoms with van der Waals surface area (Å²) >= 11 is 9.43. The zero-order chi connectivity index (χ0) is 12.6. The fourth-order valence-corrected chi connectivity index (χ4v) is 2.39. The fraction of sp³-hybridized carbons (Fsp3) is 0.273. The van der Waals surface area contributed by atoms with Crippen LogP contribution in [-0.4, -0.2) is 15.0 Å². The molecule has 1 aromatic carbocycles. The molecule has 17 heavy (non-hydrogen) atoms. The van der Waals surface area contributed by atoms with Gasteiger partial charge in [0.15, 0.2) is 4.60 Å². The number of hydrogen-bond donors (Lipinski definition) is 1. The molecule has 1 unspecified atom stereocenters. The van der Waals surface area contributed by atoms with Gasteiger partial charge >= 0.3 is 0 Å². The van der Waals surface area contributed by atoms with Crippen LogP contribution >= 0.6 is 27.5 Å². The molecule has 6 heteroatoms. The molecule has 0 saturated heterocycles. The van der Waals surface area contributed by atoms with E-state index in [9.17, 15) is 0 Å². The van der Waals surface area contributed by atoms with Crippen LogP contribution in [-0.2, 0) is 7.05 Å². The lowest BCUT2D eigenvalue weighted by Gasteiger charge is -2.13. The summed E-state index contributed by atoms with van der Waals surface area (Å²) in [6, 6.07) is 5.49. The molecule has 2 N–H and O–H groups in total. The van der Waals surface area contributed by atoms with Crippen molar-refractivity contribution < 1.29 is 0 Å². The Hall–Kier alpha value is -0.910. The molecule has 1 atom stereocenters. The Kier molecular flexibility index (Phi) is 3.51. The lowest BCUT2D eigenvalue weighted by atomic mass is 10.0. The molecule has 0 aliphatic heterocycles. The first kappa shape index (κ1) is 12.5. The molecule has 0 bridgehead atoms. The largest absolute Gasteiger partial charge is 0.319 e. The first-order valence-corrected chi connectivity index (χ1v) is 6.24. The van der Waals surface area contributed by atoms with Crippen molar-refractivity contribution in [3.8, 4) is 0 Å². The molecule has 4 nitrogen and oxygen atoms in total. The summed E-state index contributed by atoms with van der Waals surface area (Å²) in [6.07, 6.45) is 0. The topological polar surface area (TPSA) is 56.7 Å². The standard InChI is InChI=1S/C11H12BrClN4/c1-6-3-4-7(5-8(6)13)9(14)10-11(12)15-16-17(10)2/h3-5,9H,14H2,1-2H3. The summed E-state index contributed by atoms with van der Waals surface area (Å²) in [5, 5.41) is 8.54. The van der Waals surface area contributed by atoms with Gasteiger partial charge in [0.1, 0.15) is 0 Å². The number of aromatic nitrogens is 3. The second-order valence-corrected chi connectivity index (χ2v) is 5.03. The van der Waals surface area contributed by atoms with Crippen LogP contribution in [0.2, 0.25) is 5.02 Å².